The van der Waals surface area contributed by atoms with E-state index in [0.717, 1.165) is 25.7 Å². The van der Waals surface area contributed by atoms with Crippen molar-refractivity contribution in [2.75, 3.05) is 18.5 Å². The molecule has 9 nitrogen and oxygen atoms in total. The molecule has 0 aromatic carbocycles. The number of ether oxygens (including phenoxy) is 1. The maximum atomic E-state index is 12.3. The lowest BCUT2D eigenvalue weighted by molar-refractivity contribution is -0.127. The van der Waals surface area contributed by atoms with Crippen LogP contribution in [0, 0.1) is 19.8 Å². The van der Waals surface area contributed by atoms with Crippen molar-refractivity contribution in [1.29, 1.82) is 0 Å². The highest BCUT2D eigenvalue weighted by Gasteiger charge is 2.32. The maximum absolute atomic E-state index is 12.3. The Kier molecular flexibility index (Phi) is 6.90. The molecule has 1 aromatic heterocycles. The summed E-state index contributed by atoms with van der Waals surface area (Å²) in [6, 6.07) is -0.668. The lowest BCUT2D eigenvalue weighted by Crippen LogP contribution is -2.52. The van der Waals surface area contributed by atoms with Crippen LogP contribution in [-0.4, -0.2) is 53.6 Å². The van der Waals surface area contributed by atoms with Gasteiger partial charge in [-0.25, -0.2) is 4.79 Å². The van der Waals surface area contributed by atoms with Gasteiger partial charge < -0.3 is 30.3 Å². The number of carbonyl (C=O) groups excluding carboxylic acids is 2. The van der Waals surface area contributed by atoms with E-state index in [4.69, 9.17) is 9.26 Å². The molecule has 1 aromatic rings. The molecular weight excluding hydrogens is 364 g/mol. The number of carbonyl (C=O) groups is 2. The van der Waals surface area contributed by atoms with Crippen molar-refractivity contribution in [2.24, 2.45) is 5.92 Å². The summed E-state index contributed by atoms with van der Waals surface area (Å²) in [5, 5.41) is 22.0. The summed E-state index contributed by atoms with van der Waals surface area (Å²) in [6.45, 7) is 3.87. The minimum Gasteiger partial charge on any atom is -0.394 e. The van der Waals surface area contributed by atoms with Crippen LogP contribution in [0.4, 0.5) is 10.5 Å². The van der Waals surface area contributed by atoms with E-state index in [2.05, 4.69) is 21.1 Å². The van der Waals surface area contributed by atoms with E-state index in [9.17, 15) is 14.7 Å². The van der Waals surface area contributed by atoms with Gasteiger partial charge >= 0.3 is 6.03 Å². The van der Waals surface area contributed by atoms with Crippen molar-refractivity contribution >= 4 is 17.6 Å². The van der Waals surface area contributed by atoms with Gasteiger partial charge in [0, 0.05) is 12.5 Å². The number of urea groups is 1. The molecule has 0 unspecified atom stereocenters. The van der Waals surface area contributed by atoms with Crippen LogP contribution in [0.15, 0.2) is 4.52 Å². The Morgan fingerprint density at radius 3 is 2.61 bits per heavy atom. The second kappa shape index (κ2) is 9.38. The molecule has 3 rings (SSSR count). The molecule has 4 N–H and O–H groups in total. The topological polar surface area (TPSA) is 126 Å². The molecule has 28 heavy (non-hydrogen) atoms. The largest absolute Gasteiger partial charge is 0.394 e. The molecule has 3 amide bonds. The van der Waals surface area contributed by atoms with Gasteiger partial charge in [-0.1, -0.05) is 11.6 Å². The summed E-state index contributed by atoms with van der Waals surface area (Å²) >= 11 is 0. The molecule has 1 saturated carbocycles. The molecule has 3 atom stereocenters. The number of nitrogens with zero attached hydrogens (tertiary/aromatic N) is 1. The summed E-state index contributed by atoms with van der Waals surface area (Å²) in [5.41, 5.74) is 1.16. The first kappa shape index (κ1) is 20.6. The fourth-order valence-corrected chi connectivity index (χ4v) is 3.66. The molecule has 1 aliphatic carbocycles. The first-order valence-corrected chi connectivity index (χ1v) is 10.0. The standard InChI is InChI=1S/C19H30N4O5/c1-11-17(12(2)28-23-11)22-19(26)21-15-7-6-14(27-16(15)10-24)8-9-20-18(25)13-4-3-5-13/h13-16,24H,3-10H2,1-2H3,(H,20,25)(H2,21,22,26)/t14-,15-,16-/m0/s1. The highest BCUT2D eigenvalue weighted by atomic mass is 16.5. The number of aliphatic hydroxyl groups excluding tert-OH is 1. The highest BCUT2D eigenvalue weighted by Crippen LogP contribution is 2.26. The zero-order valence-corrected chi connectivity index (χ0v) is 16.5. The van der Waals surface area contributed by atoms with Crippen LogP contribution < -0.4 is 16.0 Å². The Hall–Kier alpha value is -2.13. The molecule has 156 valence electrons. The van der Waals surface area contributed by atoms with E-state index in [1.54, 1.807) is 13.8 Å². The molecule has 0 radical (unpaired) electrons. The van der Waals surface area contributed by atoms with E-state index in [1.165, 1.54) is 0 Å². The number of amides is 3. The quantitative estimate of drug-likeness (QED) is 0.557. The minimum atomic E-state index is -0.475. The van der Waals surface area contributed by atoms with E-state index >= 15 is 0 Å². The van der Waals surface area contributed by atoms with Crippen LogP contribution in [0.25, 0.3) is 0 Å². The number of aromatic nitrogens is 1. The summed E-state index contributed by atoms with van der Waals surface area (Å²) in [7, 11) is 0. The van der Waals surface area contributed by atoms with E-state index in [0.29, 0.717) is 36.5 Å². The van der Waals surface area contributed by atoms with Crippen LogP contribution in [0.2, 0.25) is 0 Å². The van der Waals surface area contributed by atoms with Crippen molar-refractivity contribution in [3.05, 3.63) is 11.5 Å². The Morgan fingerprint density at radius 1 is 1.21 bits per heavy atom. The van der Waals surface area contributed by atoms with Gasteiger partial charge in [0.15, 0.2) is 5.76 Å². The average Bonchev–Trinajstić information content (AvgIpc) is 2.93. The zero-order valence-electron chi connectivity index (χ0n) is 16.5. The van der Waals surface area contributed by atoms with Crippen molar-refractivity contribution < 1.29 is 24.0 Å². The van der Waals surface area contributed by atoms with Crippen molar-refractivity contribution in [3.63, 3.8) is 0 Å². The second-order valence-electron chi connectivity index (χ2n) is 7.67. The van der Waals surface area contributed by atoms with Crippen molar-refractivity contribution in [1.82, 2.24) is 15.8 Å². The fraction of sp³-hybridized carbons (Fsp3) is 0.737. The maximum Gasteiger partial charge on any atom is 0.319 e. The number of anilines is 1. The molecular formula is C19H30N4O5. The predicted octanol–water partition coefficient (Wildman–Crippen LogP) is 1.63. The minimum absolute atomic E-state index is 0.0393. The molecule has 1 aliphatic heterocycles. The number of aliphatic hydroxyl groups is 1. The second-order valence-corrected chi connectivity index (χ2v) is 7.67. The summed E-state index contributed by atoms with van der Waals surface area (Å²) in [5.74, 6) is 0.855. The van der Waals surface area contributed by atoms with Gasteiger partial charge in [0.25, 0.3) is 0 Å². The summed E-state index contributed by atoms with van der Waals surface area (Å²) in [6.07, 6.45) is 4.75. The molecule has 2 heterocycles. The third-order valence-electron chi connectivity index (χ3n) is 5.63. The smallest absolute Gasteiger partial charge is 0.319 e. The Labute approximate surface area is 164 Å². The summed E-state index contributed by atoms with van der Waals surface area (Å²) in [4.78, 5) is 24.2. The average molecular weight is 394 g/mol. The molecule has 9 heteroatoms. The number of rotatable bonds is 7. The lowest BCUT2D eigenvalue weighted by atomic mass is 9.85. The van der Waals surface area contributed by atoms with Gasteiger partial charge in [-0.05, 0) is 46.0 Å². The third-order valence-corrected chi connectivity index (χ3v) is 5.63. The van der Waals surface area contributed by atoms with Gasteiger partial charge in [0.1, 0.15) is 17.5 Å². The van der Waals surface area contributed by atoms with Gasteiger partial charge in [-0.15, -0.1) is 0 Å². The first-order chi connectivity index (χ1) is 13.5. The van der Waals surface area contributed by atoms with Crippen LogP contribution in [0.5, 0.6) is 0 Å². The first-order valence-electron chi connectivity index (χ1n) is 10.0. The van der Waals surface area contributed by atoms with E-state index < -0.39 is 6.10 Å². The molecule has 0 bridgehead atoms. The van der Waals surface area contributed by atoms with Gasteiger partial charge in [0.2, 0.25) is 5.91 Å². The lowest BCUT2D eigenvalue weighted by Gasteiger charge is -2.36. The Balaban J connectivity index is 1.42. The zero-order chi connectivity index (χ0) is 20.1. The van der Waals surface area contributed by atoms with Gasteiger partial charge in [-0.2, -0.15) is 0 Å². The third kappa shape index (κ3) is 5.02. The molecule has 2 aliphatic rings. The fourth-order valence-electron chi connectivity index (χ4n) is 3.66. The van der Waals surface area contributed by atoms with Crippen LogP contribution in [0.1, 0.15) is 50.0 Å². The van der Waals surface area contributed by atoms with Crippen LogP contribution >= 0.6 is 0 Å². The number of hydrogen-bond acceptors (Lipinski definition) is 6. The number of nitrogens with one attached hydrogen (secondary N) is 3. The van der Waals surface area contributed by atoms with Gasteiger partial charge in [-0.3, -0.25) is 4.79 Å². The Morgan fingerprint density at radius 2 is 2.00 bits per heavy atom. The summed E-state index contributed by atoms with van der Waals surface area (Å²) < 4.78 is 11.0. The van der Waals surface area contributed by atoms with Gasteiger partial charge in [0.05, 0.1) is 18.8 Å². The SMILES string of the molecule is Cc1noc(C)c1NC(=O)N[C@H]1CC[C@@H](CCNC(=O)C2CCC2)O[C@H]1CO. The highest BCUT2D eigenvalue weighted by molar-refractivity contribution is 5.90. The molecule has 2 fully saturated rings. The number of hydrogen-bond donors (Lipinski definition) is 4. The molecule has 0 spiro atoms. The Bertz CT molecular complexity index is 668. The normalized spacial score (nSPS) is 25.0. The van der Waals surface area contributed by atoms with E-state index in [-0.39, 0.29) is 36.6 Å². The van der Waals surface area contributed by atoms with Crippen molar-refractivity contribution in [3.8, 4) is 0 Å². The van der Waals surface area contributed by atoms with Crippen LogP contribution in [-0.2, 0) is 9.53 Å². The molecule has 1 saturated heterocycles. The van der Waals surface area contributed by atoms with Crippen molar-refractivity contribution in [2.45, 2.75) is 70.6 Å². The predicted molar refractivity (Wildman–Crippen MR) is 102 cm³/mol. The van der Waals surface area contributed by atoms with E-state index in [1.807, 2.05) is 0 Å². The monoisotopic (exact) mass is 394 g/mol. The number of aryl methyl sites for hydroxylation is 2. The van der Waals surface area contributed by atoms with Crippen LogP contribution in [0.3, 0.4) is 0 Å².